The maximum absolute atomic E-state index is 12.7. The lowest BCUT2D eigenvalue weighted by Crippen LogP contribution is -2.39. The van der Waals surface area contributed by atoms with Gasteiger partial charge in [0.25, 0.3) is 0 Å². The Morgan fingerprint density at radius 2 is 2.04 bits per heavy atom. The molecule has 2 aromatic rings. The SMILES string of the molecule is O=C1Cc2ccccc2Nc2ccc(CCCN3CCC[C@@H](C(=O)O)C3)cc21. The van der Waals surface area contributed by atoms with Crippen molar-refractivity contribution in [3.05, 3.63) is 59.2 Å². The second-order valence-electron chi connectivity index (χ2n) is 7.84. The van der Waals surface area contributed by atoms with Crippen LogP contribution in [-0.4, -0.2) is 41.4 Å². The first kappa shape index (κ1) is 18.7. The Morgan fingerprint density at radius 3 is 2.89 bits per heavy atom. The number of likely N-dealkylation sites (tertiary alicyclic amines) is 1. The number of anilines is 2. The van der Waals surface area contributed by atoms with E-state index in [1.807, 2.05) is 36.4 Å². The number of Topliss-reactive ketones (excluding diaryl/α,β-unsaturated/α-hetero) is 1. The summed E-state index contributed by atoms with van der Waals surface area (Å²) in [5.74, 6) is -0.760. The highest BCUT2D eigenvalue weighted by Crippen LogP contribution is 2.30. The van der Waals surface area contributed by atoms with Crippen molar-refractivity contribution in [3.63, 3.8) is 0 Å². The van der Waals surface area contributed by atoms with Crippen LogP contribution in [-0.2, 0) is 17.6 Å². The first-order valence-electron chi connectivity index (χ1n) is 10.1. The summed E-state index contributed by atoms with van der Waals surface area (Å²) in [5, 5.41) is 12.6. The molecule has 2 heterocycles. The third-order valence-electron chi connectivity index (χ3n) is 5.82. The number of nitrogens with one attached hydrogen (secondary N) is 1. The van der Waals surface area contributed by atoms with Gasteiger partial charge in [-0.25, -0.2) is 0 Å². The van der Waals surface area contributed by atoms with Gasteiger partial charge in [-0.2, -0.15) is 0 Å². The van der Waals surface area contributed by atoms with Gasteiger partial charge in [0, 0.05) is 29.9 Å². The summed E-state index contributed by atoms with van der Waals surface area (Å²) in [6, 6.07) is 14.1. The van der Waals surface area contributed by atoms with Gasteiger partial charge in [0.15, 0.2) is 5.78 Å². The van der Waals surface area contributed by atoms with Crippen LogP contribution >= 0.6 is 0 Å². The van der Waals surface area contributed by atoms with E-state index in [1.165, 1.54) is 0 Å². The molecule has 1 fully saturated rings. The van der Waals surface area contributed by atoms with Crippen LogP contribution in [0.1, 0.15) is 40.7 Å². The number of hydrogen-bond acceptors (Lipinski definition) is 4. The van der Waals surface area contributed by atoms with Gasteiger partial charge < -0.3 is 15.3 Å². The average molecular weight is 378 g/mol. The van der Waals surface area contributed by atoms with Crippen LogP contribution in [0.25, 0.3) is 0 Å². The fourth-order valence-corrected chi connectivity index (χ4v) is 4.26. The van der Waals surface area contributed by atoms with Crippen molar-refractivity contribution in [3.8, 4) is 0 Å². The topological polar surface area (TPSA) is 69.6 Å². The molecule has 2 N–H and O–H groups in total. The van der Waals surface area contributed by atoms with E-state index in [0.29, 0.717) is 13.0 Å². The van der Waals surface area contributed by atoms with Gasteiger partial charge in [0.05, 0.1) is 5.92 Å². The van der Waals surface area contributed by atoms with Crippen LogP contribution in [0.15, 0.2) is 42.5 Å². The molecule has 1 atom stereocenters. The molecule has 0 aliphatic carbocycles. The van der Waals surface area contributed by atoms with Crippen LogP contribution in [0.5, 0.6) is 0 Å². The maximum atomic E-state index is 12.7. The Labute approximate surface area is 165 Å². The van der Waals surface area contributed by atoms with Crippen LogP contribution in [0, 0.1) is 5.92 Å². The van der Waals surface area contributed by atoms with E-state index in [0.717, 1.165) is 66.8 Å². The molecule has 5 heteroatoms. The number of hydrogen-bond donors (Lipinski definition) is 2. The van der Waals surface area contributed by atoms with E-state index >= 15 is 0 Å². The Bertz CT molecular complexity index is 893. The minimum Gasteiger partial charge on any atom is -0.481 e. The van der Waals surface area contributed by atoms with Crippen molar-refractivity contribution in [1.29, 1.82) is 0 Å². The summed E-state index contributed by atoms with van der Waals surface area (Å²) in [6.07, 6.45) is 4.02. The van der Waals surface area contributed by atoms with Crippen molar-refractivity contribution in [1.82, 2.24) is 4.90 Å². The van der Waals surface area contributed by atoms with E-state index in [1.54, 1.807) is 0 Å². The predicted octanol–water partition coefficient (Wildman–Crippen LogP) is 3.90. The highest BCUT2D eigenvalue weighted by molar-refractivity contribution is 6.05. The van der Waals surface area contributed by atoms with Crippen LogP contribution in [0.2, 0.25) is 0 Å². The number of aliphatic carboxylic acids is 1. The molecule has 1 saturated heterocycles. The number of carboxylic acids is 1. The third-order valence-corrected chi connectivity index (χ3v) is 5.82. The fraction of sp³-hybridized carbons (Fsp3) is 0.391. The standard InChI is InChI=1S/C23H26N2O3/c26-22-14-17-6-1-2-8-20(17)24-21-10-9-16(13-19(21)22)5-3-11-25-12-4-7-18(15-25)23(27)28/h1-2,6,8-10,13,18,24H,3-5,7,11-12,14-15H2,(H,27,28)/t18-/m1/s1. The lowest BCUT2D eigenvalue weighted by molar-refractivity contribution is -0.143. The van der Waals surface area contributed by atoms with Crippen LogP contribution < -0.4 is 5.32 Å². The third kappa shape index (κ3) is 4.09. The molecule has 2 aliphatic rings. The van der Waals surface area contributed by atoms with Crippen LogP contribution in [0.4, 0.5) is 11.4 Å². The average Bonchev–Trinajstić information content (AvgIpc) is 2.84. The number of aryl methyl sites for hydroxylation is 1. The molecule has 2 aliphatic heterocycles. The van der Waals surface area contributed by atoms with Crippen molar-refractivity contribution < 1.29 is 14.7 Å². The zero-order chi connectivity index (χ0) is 19.5. The van der Waals surface area contributed by atoms with E-state index in [2.05, 4.69) is 16.3 Å². The number of benzene rings is 2. The fourth-order valence-electron chi connectivity index (χ4n) is 4.26. The Kier molecular flexibility index (Phi) is 5.44. The van der Waals surface area contributed by atoms with Gasteiger partial charge >= 0.3 is 5.97 Å². The van der Waals surface area contributed by atoms with Crippen molar-refractivity contribution in [2.24, 2.45) is 5.92 Å². The van der Waals surface area contributed by atoms with Gasteiger partial charge in [0.1, 0.15) is 0 Å². The van der Waals surface area contributed by atoms with E-state index in [-0.39, 0.29) is 11.7 Å². The highest BCUT2D eigenvalue weighted by Gasteiger charge is 2.25. The zero-order valence-electron chi connectivity index (χ0n) is 16.0. The molecule has 4 rings (SSSR count). The number of rotatable bonds is 5. The molecular formula is C23H26N2O3. The first-order chi connectivity index (χ1) is 13.6. The largest absolute Gasteiger partial charge is 0.481 e. The minimum atomic E-state index is -0.678. The Morgan fingerprint density at radius 1 is 1.18 bits per heavy atom. The lowest BCUT2D eigenvalue weighted by Gasteiger charge is -2.30. The number of carbonyl (C=O) groups is 2. The summed E-state index contributed by atoms with van der Waals surface area (Å²) in [6.45, 7) is 2.54. The zero-order valence-corrected chi connectivity index (χ0v) is 16.0. The lowest BCUT2D eigenvalue weighted by atomic mass is 9.97. The number of para-hydroxylation sites is 1. The van der Waals surface area contributed by atoms with E-state index < -0.39 is 5.97 Å². The van der Waals surface area contributed by atoms with Gasteiger partial charge in [0.2, 0.25) is 0 Å². The van der Waals surface area contributed by atoms with E-state index in [9.17, 15) is 14.7 Å². The maximum Gasteiger partial charge on any atom is 0.307 e. The number of carboxylic acid groups (broad SMARTS) is 1. The van der Waals surface area contributed by atoms with Crippen molar-refractivity contribution in [2.75, 3.05) is 25.0 Å². The highest BCUT2D eigenvalue weighted by atomic mass is 16.4. The van der Waals surface area contributed by atoms with Gasteiger partial charge in [-0.15, -0.1) is 0 Å². The Hall–Kier alpha value is -2.66. The molecule has 28 heavy (non-hydrogen) atoms. The number of ketones is 1. The molecule has 0 saturated carbocycles. The summed E-state index contributed by atoms with van der Waals surface area (Å²) in [7, 11) is 0. The first-order valence-corrected chi connectivity index (χ1v) is 10.1. The summed E-state index contributed by atoms with van der Waals surface area (Å²) in [5.41, 5.74) is 4.83. The molecule has 146 valence electrons. The van der Waals surface area contributed by atoms with E-state index in [4.69, 9.17) is 0 Å². The molecule has 0 amide bonds. The predicted molar refractivity (Wildman–Crippen MR) is 109 cm³/mol. The normalized spacial score (nSPS) is 19.3. The van der Waals surface area contributed by atoms with Crippen LogP contribution in [0.3, 0.4) is 0 Å². The molecule has 2 aromatic carbocycles. The molecular weight excluding hydrogens is 352 g/mol. The second-order valence-corrected chi connectivity index (χ2v) is 7.84. The number of carbonyl (C=O) groups excluding carboxylic acids is 1. The number of nitrogens with zero attached hydrogens (tertiary/aromatic N) is 1. The van der Waals surface area contributed by atoms with Crippen molar-refractivity contribution >= 4 is 23.1 Å². The molecule has 5 nitrogen and oxygen atoms in total. The van der Waals surface area contributed by atoms with Gasteiger partial charge in [-0.05, 0) is 68.1 Å². The number of piperidine rings is 1. The summed E-state index contributed by atoms with van der Waals surface area (Å²) in [4.78, 5) is 26.2. The molecule has 0 unspecified atom stereocenters. The second kappa shape index (κ2) is 8.15. The molecule has 0 aromatic heterocycles. The molecule has 0 bridgehead atoms. The number of fused-ring (bicyclic) bond motifs is 2. The molecule has 0 spiro atoms. The van der Waals surface area contributed by atoms with Crippen molar-refractivity contribution in [2.45, 2.75) is 32.1 Å². The van der Waals surface area contributed by atoms with Gasteiger partial charge in [-0.3, -0.25) is 9.59 Å². The quantitative estimate of drug-likeness (QED) is 0.826. The van der Waals surface area contributed by atoms with Gasteiger partial charge in [-0.1, -0.05) is 24.3 Å². The summed E-state index contributed by atoms with van der Waals surface area (Å²) < 4.78 is 0. The Balaban J connectivity index is 1.39. The monoisotopic (exact) mass is 378 g/mol. The smallest absolute Gasteiger partial charge is 0.307 e. The summed E-state index contributed by atoms with van der Waals surface area (Å²) >= 11 is 0. The minimum absolute atomic E-state index is 0.148. The molecule has 0 radical (unpaired) electrons.